The number of non-ortho nitro benzene ring substituents is 1. The Morgan fingerprint density at radius 2 is 1.84 bits per heavy atom. The number of hydrogen-bond donors (Lipinski definition) is 1. The van der Waals surface area contributed by atoms with Crippen molar-refractivity contribution in [1.29, 1.82) is 0 Å². The first-order valence-electron chi connectivity index (χ1n) is 8.92. The Morgan fingerprint density at radius 3 is 2.60 bits per heavy atom. The van der Waals surface area contributed by atoms with Gasteiger partial charge in [0, 0.05) is 17.8 Å². The summed E-state index contributed by atoms with van der Waals surface area (Å²) in [5.41, 5.74) is 3.37. The molecule has 2 saturated carbocycles. The lowest BCUT2D eigenvalue weighted by Gasteiger charge is -2.43. The summed E-state index contributed by atoms with van der Waals surface area (Å²) in [4.78, 5) is 10.9. The summed E-state index contributed by atoms with van der Waals surface area (Å²) in [6.07, 6.45) is 3.65. The van der Waals surface area contributed by atoms with E-state index in [-0.39, 0.29) is 22.5 Å². The Balaban J connectivity index is 1.62. The summed E-state index contributed by atoms with van der Waals surface area (Å²) in [6, 6.07) is 12.1. The number of nitrogens with one attached hydrogen (secondary N) is 1. The minimum absolute atomic E-state index is 0.148. The van der Waals surface area contributed by atoms with Crippen LogP contribution >= 0.6 is 0 Å². The number of nitro benzene ring substituents is 1. The van der Waals surface area contributed by atoms with Gasteiger partial charge >= 0.3 is 0 Å². The largest absolute Gasteiger partial charge is 0.378 e. The van der Waals surface area contributed by atoms with Crippen molar-refractivity contribution in [1.82, 2.24) is 0 Å². The molecule has 1 heterocycles. The zero-order chi connectivity index (χ0) is 17.1. The zero-order valence-corrected chi connectivity index (χ0v) is 13.7. The SMILES string of the molecule is O=[N+]([O-])c1ccc2c(c1)[C@H]1[C@H]3CC[C@H](C3)[C@@H]1[C@@H](c1ccc(F)cc1)N2. The first kappa shape index (κ1) is 14.9. The number of benzene rings is 2. The van der Waals surface area contributed by atoms with Crippen LogP contribution in [-0.2, 0) is 0 Å². The number of anilines is 1. The van der Waals surface area contributed by atoms with Crippen LogP contribution in [0.3, 0.4) is 0 Å². The Kier molecular flexibility index (Phi) is 3.14. The maximum absolute atomic E-state index is 13.3. The maximum atomic E-state index is 13.3. The van der Waals surface area contributed by atoms with Gasteiger partial charge in [-0.2, -0.15) is 0 Å². The average molecular weight is 338 g/mol. The lowest BCUT2D eigenvalue weighted by atomic mass is 9.68. The molecule has 0 radical (unpaired) electrons. The predicted octanol–water partition coefficient (Wildman–Crippen LogP) is 5.03. The minimum atomic E-state index is -0.311. The van der Waals surface area contributed by atoms with E-state index in [1.807, 2.05) is 18.2 Å². The molecular formula is C20H19FN2O2. The van der Waals surface area contributed by atoms with Crippen molar-refractivity contribution in [3.8, 4) is 0 Å². The monoisotopic (exact) mass is 338 g/mol. The van der Waals surface area contributed by atoms with Gasteiger partial charge in [0.25, 0.3) is 5.69 Å². The van der Waals surface area contributed by atoms with Crippen LogP contribution in [0.5, 0.6) is 0 Å². The quantitative estimate of drug-likeness (QED) is 0.617. The molecule has 3 aliphatic rings. The van der Waals surface area contributed by atoms with Gasteiger partial charge in [0.05, 0.1) is 11.0 Å². The van der Waals surface area contributed by atoms with Crippen LogP contribution in [-0.4, -0.2) is 4.92 Å². The smallest absolute Gasteiger partial charge is 0.269 e. The van der Waals surface area contributed by atoms with E-state index >= 15 is 0 Å². The van der Waals surface area contributed by atoms with E-state index in [9.17, 15) is 14.5 Å². The number of nitro groups is 1. The fraction of sp³-hybridized carbons (Fsp3) is 0.400. The highest BCUT2D eigenvalue weighted by atomic mass is 19.1. The second-order valence-corrected chi connectivity index (χ2v) is 7.64. The van der Waals surface area contributed by atoms with Crippen molar-refractivity contribution in [2.75, 3.05) is 5.32 Å². The molecule has 5 rings (SSSR count). The molecule has 2 aromatic rings. The Labute approximate surface area is 145 Å². The first-order chi connectivity index (χ1) is 12.1. The van der Waals surface area contributed by atoms with E-state index < -0.39 is 0 Å². The molecule has 0 aromatic heterocycles. The first-order valence-corrected chi connectivity index (χ1v) is 8.92. The van der Waals surface area contributed by atoms with Gasteiger partial charge in [-0.05, 0) is 72.3 Å². The number of hydrogen-bond acceptors (Lipinski definition) is 3. The zero-order valence-electron chi connectivity index (χ0n) is 13.7. The van der Waals surface area contributed by atoms with Crippen molar-refractivity contribution in [2.24, 2.45) is 17.8 Å². The standard InChI is InChI=1S/C20H19FN2O2/c21-14-5-3-11(4-6-14)20-19-13-2-1-12(9-13)18(19)16-10-15(23(24)25)7-8-17(16)22-20/h3-8,10,12-13,18-20,22H,1-2,9H2/t12-,13+,18+,19-,20+/m0/s1. The highest BCUT2D eigenvalue weighted by Gasteiger charge is 2.54. The van der Waals surface area contributed by atoms with E-state index in [1.165, 1.54) is 31.4 Å². The summed E-state index contributed by atoms with van der Waals surface area (Å²) < 4.78 is 13.3. The summed E-state index contributed by atoms with van der Waals surface area (Å²) in [5, 5.41) is 14.8. The molecule has 5 atom stereocenters. The van der Waals surface area contributed by atoms with Gasteiger partial charge in [0.15, 0.2) is 0 Å². The van der Waals surface area contributed by atoms with Gasteiger partial charge in [0.2, 0.25) is 0 Å². The van der Waals surface area contributed by atoms with Gasteiger partial charge in [-0.1, -0.05) is 12.1 Å². The molecule has 2 bridgehead atoms. The van der Waals surface area contributed by atoms with Crippen molar-refractivity contribution >= 4 is 11.4 Å². The second kappa shape index (κ2) is 5.28. The molecule has 1 N–H and O–H groups in total. The molecule has 4 nitrogen and oxygen atoms in total. The van der Waals surface area contributed by atoms with E-state index in [2.05, 4.69) is 5.32 Å². The average Bonchev–Trinajstić information content (AvgIpc) is 3.23. The van der Waals surface area contributed by atoms with Crippen LogP contribution in [0.15, 0.2) is 42.5 Å². The van der Waals surface area contributed by atoms with Crippen LogP contribution in [0.2, 0.25) is 0 Å². The van der Waals surface area contributed by atoms with E-state index in [1.54, 1.807) is 12.1 Å². The van der Waals surface area contributed by atoms with E-state index in [4.69, 9.17) is 0 Å². The predicted molar refractivity (Wildman–Crippen MR) is 92.9 cm³/mol. The third-order valence-corrected chi connectivity index (χ3v) is 6.51. The molecule has 2 aliphatic carbocycles. The van der Waals surface area contributed by atoms with Crippen LogP contribution in [0.1, 0.15) is 42.3 Å². The fourth-order valence-electron chi connectivity index (χ4n) is 5.59. The Morgan fingerprint density at radius 1 is 1.08 bits per heavy atom. The van der Waals surface area contributed by atoms with Crippen molar-refractivity contribution < 1.29 is 9.31 Å². The highest BCUT2D eigenvalue weighted by Crippen LogP contribution is 2.63. The number of halogens is 1. The molecule has 25 heavy (non-hydrogen) atoms. The normalized spacial score (nSPS) is 32.0. The molecule has 0 amide bonds. The topological polar surface area (TPSA) is 55.2 Å². The Hall–Kier alpha value is -2.43. The third-order valence-electron chi connectivity index (χ3n) is 6.51. The van der Waals surface area contributed by atoms with Crippen LogP contribution in [0.4, 0.5) is 15.8 Å². The number of nitrogens with zero attached hydrogens (tertiary/aromatic N) is 1. The van der Waals surface area contributed by atoms with E-state index in [0.29, 0.717) is 23.7 Å². The molecule has 5 heteroatoms. The molecule has 2 aromatic carbocycles. The van der Waals surface area contributed by atoms with Crippen molar-refractivity contribution in [3.63, 3.8) is 0 Å². The fourth-order valence-corrected chi connectivity index (χ4v) is 5.59. The van der Waals surface area contributed by atoms with Gasteiger partial charge < -0.3 is 5.32 Å². The van der Waals surface area contributed by atoms with Gasteiger partial charge in [-0.25, -0.2) is 4.39 Å². The lowest BCUT2D eigenvalue weighted by molar-refractivity contribution is -0.384. The molecule has 2 fully saturated rings. The van der Waals surface area contributed by atoms with Gasteiger partial charge in [-0.15, -0.1) is 0 Å². The van der Waals surface area contributed by atoms with Crippen molar-refractivity contribution in [2.45, 2.75) is 31.2 Å². The summed E-state index contributed by atoms with van der Waals surface area (Å²) in [7, 11) is 0. The molecular weight excluding hydrogens is 319 g/mol. The molecule has 0 unspecified atom stereocenters. The van der Waals surface area contributed by atoms with Gasteiger partial charge in [-0.3, -0.25) is 10.1 Å². The summed E-state index contributed by atoms with van der Waals surface area (Å²) in [6.45, 7) is 0. The highest BCUT2D eigenvalue weighted by molar-refractivity contribution is 5.62. The van der Waals surface area contributed by atoms with Gasteiger partial charge in [0.1, 0.15) is 5.82 Å². The second-order valence-electron chi connectivity index (χ2n) is 7.64. The summed E-state index contributed by atoms with van der Waals surface area (Å²) >= 11 is 0. The molecule has 1 aliphatic heterocycles. The number of fused-ring (bicyclic) bond motifs is 7. The van der Waals surface area contributed by atoms with Crippen LogP contribution in [0.25, 0.3) is 0 Å². The summed E-state index contributed by atoms with van der Waals surface area (Å²) in [5.74, 6) is 1.83. The van der Waals surface area contributed by atoms with Crippen LogP contribution in [0, 0.1) is 33.7 Å². The number of rotatable bonds is 2. The molecule has 0 spiro atoms. The third kappa shape index (κ3) is 2.18. The Bertz CT molecular complexity index is 851. The lowest BCUT2D eigenvalue weighted by Crippen LogP contribution is -2.35. The van der Waals surface area contributed by atoms with Crippen LogP contribution < -0.4 is 5.32 Å². The molecule has 0 saturated heterocycles. The van der Waals surface area contributed by atoms with E-state index in [0.717, 1.165) is 16.8 Å². The van der Waals surface area contributed by atoms with Crippen molar-refractivity contribution in [3.05, 3.63) is 69.5 Å². The maximum Gasteiger partial charge on any atom is 0.269 e. The molecule has 128 valence electrons. The minimum Gasteiger partial charge on any atom is -0.378 e.